The van der Waals surface area contributed by atoms with Gasteiger partial charge in [0, 0.05) is 6.04 Å². The summed E-state index contributed by atoms with van der Waals surface area (Å²) in [6.07, 6.45) is 7.39. The third kappa shape index (κ3) is 2.69. The van der Waals surface area contributed by atoms with Gasteiger partial charge in [-0.1, -0.05) is 30.3 Å². The normalized spacial score (nSPS) is 37.5. The Morgan fingerprint density at radius 2 is 1.61 bits per heavy atom. The first kappa shape index (κ1) is 15.2. The lowest BCUT2D eigenvalue weighted by Crippen LogP contribution is -2.59. The molecule has 2 unspecified atom stereocenters. The van der Waals surface area contributed by atoms with E-state index in [0.29, 0.717) is 0 Å². The van der Waals surface area contributed by atoms with Gasteiger partial charge < -0.3 is 5.11 Å². The van der Waals surface area contributed by atoms with Crippen LogP contribution < -0.4 is 5.32 Å². The molecule has 4 aliphatic rings. The smallest absolute Gasteiger partial charge is 0.321 e. The summed E-state index contributed by atoms with van der Waals surface area (Å²) in [5.74, 6) is 1.67. The van der Waals surface area contributed by atoms with E-state index < -0.39 is 12.0 Å². The molecule has 1 aromatic carbocycles. The van der Waals surface area contributed by atoms with Crippen LogP contribution in [0, 0.1) is 23.2 Å². The molecule has 1 aromatic rings. The van der Waals surface area contributed by atoms with Crippen LogP contribution in [0.2, 0.25) is 0 Å². The summed E-state index contributed by atoms with van der Waals surface area (Å²) in [4.78, 5) is 12.1. The second-order valence-electron chi connectivity index (χ2n) is 8.35. The van der Waals surface area contributed by atoms with Crippen LogP contribution >= 0.6 is 0 Å². The molecule has 5 rings (SSSR count). The van der Waals surface area contributed by atoms with E-state index >= 15 is 0 Å². The molecule has 4 bridgehead atoms. The fraction of sp³-hybridized carbons (Fsp3) is 0.650. The molecule has 23 heavy (non-hydrogen) atoms. The molecule has 0 saturated heterocycles. The molecule has 4 fully saturated rings. The first-order valence-corrected chi connectivity index (χ1v) is 9.09. The SMILES string of the molecule is CC(NC(C(=O)O)C12CC3CC(CC(C3)C1)C2)c1ccccc1. The highest BCUT2D eigenvalue weighted by atomic mass is 16.4. The van der Waals surface area contributed by atoms with Crippen molar-refractivity contribution < 1.29 is 9.90 Å². The number of hydrogen-bond acceptors (Lipinski definition) is 2. The Labute approximate surface area is 138 Å². The van der Waals surface area contributed by atoms with Crippen LogP contribution in [-0.4, -0.2) is 17.1 Å². The Morgan fingerprint density at radius 3 is 2.09 bits per heavy atom. The van der Waals surface area contributed by atoms with Gasteiger partial charge in [-0.25, -0.2) is 0 Å². The Bertz CT molecular complexity index is 547. The summed E-state index contributed by atoms with van der Waals surface area (Å²) in [7, 11) is 0. The number of aliphatic carboxylic acids is 1. The van der Waals surface area contributed by atoms with Gasteiger partial charge in [-0.15, -0.1) is 0 Å². The van der Waals surface area contributed by atoms with Gasteiger partial charge in [-0.3, -0.25) is 10.1 Å². The lowest BCUT2D eigenvalue weighted by Gasteiger charge is -2.58. The monoisotopic (exact) mass is 313 g/mol. The van der Waals surface area contributed by atoms with Crippen LogP contribution in [-0.2, 0) is 4.79 Å². The largest absolute Gasteiger partial charge is 0.480 e. The maximum atomic E-state index is 12.1. The van der Waals surface area contributed by atoms with E-state index in [1.54, 1.807) is 0 Å². The lowest BCUT2D eigenvalue weighted by atomic mass is 9.47. The van der Waals surface area contributed by atoms with E-state index in [9.17, 15) is 9.90 Å². The summed E-state index contributed by atoms with van der Waals surface area (Å²) in [5.41, 5.74) is 1.16. The molecule has 4 aliphatic carbocycles. The van der Waals surface area contributed by atoms with Gasteiger partial charge in [0.25, 0.3) is 0 Å². The van der Waals surface area contributed by atoms with E-state index in [4.69, 9.17) is 0 Å². The highest BCUT2D eigenvalue weighted by Gasteiger charge is 2.56. The summed E-state index contributed by atoms with van der Waals surface area (Å²) in [6.45, 7) is 2.09. The Morgan fingerprint density at radius 1 is 1.09 bits per heavy atom. The summed E-state index contributed by atoms with van der Waals surface area (Å²) < 4.78 is 0. The standard InChI is InChI=1S/C20H27NO2/c1-13(17-5-3-2-4-6-17)21-18(19(22)23)20-10-14-7-15(11-20)9-16(8-14)12-20/h2-6,13-16,18,21H,7-12H2,1H3,(H,22,23). The number of carbonyl (C=O) groups is 1. The van der Waals surface area contributed by atoms with E-state index in [1.807, 2.05) is 18.2 Å². The molecule has 2 atom stereocenters. The predicted molar refractivity (Wildman–Crippen MR) is 90.0 cm³/mol. The van der Waals surface area contributed by atoms with Gasteiger partial charge >= 0.3 is 5.97 Å². The Balaban J connectivity index is 1.57. The predicted octanol–water partition coefficient (Wildman–Crippen LogP) is 4.01. The summed E-state index contributed by atoms with van der Waals surface area (Å²) in [5, 5.41) is 13.5. The van der Waals surface area contributed by atoms with Gasteiger partial charge in [0.1, 0.15) is 6.04 Å². The second kappa shape index (κ2) is 5.62. The van der Waals surface area contributed by atoms with Gasteiger partial charge in [-0.05, 0) is 74.2 Å². The number of benzene rings is 1. The van der Waals surface area contributed by atoms with Crippen molar-refractivity contribution in [2.75, 3.05) is 0 Å². The Kier molecular flexibility index (Phi) is 3.72. The van der Waals surface area contributed by atoms with Crippen LogP contribution in [0.4, 0.5) is 0 Å². The molecule has 0 amide bonds. The zero-order valence-corrected chi connectivity index (χ0v) is 13.9. The molecule has 3 nitrogen and oxygen atoms in total. The molecule has 0 spiro atoms. The minimum atomic E-state index is -0.658. The first-order valence-electron chi connectivity index (χ1n) is 9.09. The summed E-state index contributed by atoms with van der Waals surface area (Å²) >= 11 is 0. The van der Waals surface area contributed by atoms with Crippen LogP contribution in [0.5, 0.6) is 0 Å². The molecule has 3 heteroatoms. The van der Waals surface area contributed by atoms with Crippen LogP contribution in [0.15, 0.2) is 30.3 Å². The molecule has 2 N–H and O–H groups in total. The van der Waals surface area contributed by atoms with Gasteiger partial charge in [-0.2, -0.15) is 0 Å². The second-order valence-corrected chi connectivity index (χ2v) is 8.35. The van der Waals surface area contributed by atoms with E-state index in [0.717, 1.165) is 37.0 Å². The van der Waals surface area contributed by atoms with Crippen molar-refractivity contribution in [2.24, 2.45) is 23.2 Å². The molecule has 0 aromatic heterocycles. The van der Waals surface area contributed by atoms with Crippen LogP contribution in [0.3, 0.4) is 0 Å². The molecular formula is C20H27NO2. The topological polar surface area (TPSA) is 49.3 Å². The highest BCUT2D eigenvalue weighted by Crippen LogP contribution is 2.61. The number of carboxylic acids is 1. The van der Waals surface area contributed by atoms with Crippen molar-refractivity contribution >= 4 is 5.97 Å². The van der Waals surface area contributed by atoms with E-state index in [1.165, 1.54) is 24.8 Å². The minimum Gasteiger partial charge on any atom is -0.480 e. The zero-order chi connectivity index (χ0) is 16.0. The van der Waals surface area contributed by atoms with E-state index in [-0.39, 0.29) is 11.5 Å². The van der Waals surface area contributed by atoms with Crippen LogP contribution in [0.1, 0.15) is 57.1 Å². The van der Waals surface area contributed by atoms with Gasteiger partial charge in [0.15, 0.2) is 0 Å². The number of nitrogens with one attached hydrogen (secondary N) is 1. The minimum absolute atomic E-state index is 0.0103. The first-order chi connectivity index (χ1) is 11.1. The third-order valence-corrected chi connectivity index (χ3v) is 6.66. The molecule has 0 aliphatic heterocycles. The molecular weight excluding hydrogens is 286 g/mol. The van der Waals surface area contributed by atoms with Gasteiger partial charge in [0.2, 0.25) is 0 Å². The van der Waals surface area contributed by atoms with Crippen molar-refractivity contribution in [3.05, 3.63) is 35.9 Å². The molecule has 0 radical (unpaired) electrons. The van der Waals surface area contributed by atoms with Crippen LogP contribution in [0.25, 0.3) is 0 Å². The van der Waals surface area contributed by atoms with Crippen molar-refractivity contribution in [3.8, 4) is 0 Å². The average Bonchev–Trinajstić information content (AvgIpc) is 2.51. The average molecular weight is 313 g/mol. The lowest BCUT2D eigenvalue weighted by molar-refractivity contribution is -0.152. The molecule has 0 heterocycles. The third-order valence-electron chi connectivity index (χ3n) is 6.66. The number of hydrogen-bond donors (Lipinski definition) is 2. The van der Waals surface area contributed by atoms with Crippen molar-refractivity contribution in [1.29, 1.82) is 0 Å². The molecule has 124 valence electrons. The van der Waals surface area contributed by atoms with Gasteiger partial charge in [0.05, 0.1) is 0 Å². The van der Waals surface area contributed by atoms with E-state index in [2.05, 4.69) is 24.4 Å². The Hall–Kier alpha value is -1.35. The molecule has 4 saturated carbocycles. The maximum absolute atomic E-state index is 12.1. The highest BCUT2D eigenvalue weighted by molar-refractivity contribution is 5.75. The number of carboxylic acid groups (broad SMARTS) is 1. The fourth-order valence-electron chi connectivity index (χ4n) is 6.13. The zero-order valence-electron chi connectivity index (χ0n) is 13.9. The van der Waals surface area contributed by atoms with Crippen molar-refractivity contribution in [2.45, 2.75) is 57.5 Å². The van der Waals surface area contributed by atoms with Crippen molar-refractivity contribution in [3.63, 3.8) is 0 Å². The van der Waals surface area contributed by atoms with Crippen molar-refractivity contribution in [1.82, 2.24) is 5.32 Å². The maximum Gasteiger partial charge on any atom is 0.321 e. The number of rotatable bonds is 5. The quantitative estimate of drug-likeness (QED) is 0.863. The summed E-state index contributed by atoms with van der Waals surface area (Å²) in [6, 6.07) is 9.87. The fourth-order valence-corrected chi connectivity index (χ4v) is 6.13.